The van der Waals surface area contributed by atoms with Gasteiger partial charge in [0.15, 0.2) is 22.5 Å². The van der Waals surface area contributed by atoms with Crippen LogP contribution in [0.1, 0.15) is 24.2 Å². The van der Waals surface area contributed by atoms with Crippen molar-refractivity contribution in [3.8, 4) is 11.5 Å². The van der Waals surface area contributed by atoms with E-state index in [1.165, 1.54) is 26.4 Å². The van der Waals surface area contributed by atoms with E-state index in [4.69, 9.17) is 19.9 Å². The number of rotatable bonds is 8. The first-order valence-corrected chi connectivity index (χ1v) is 9.45. The third-order valence-corrected chi connectivity index (χ3v) is 4.68. The first-order valence-electron chi connectivity index (χ1n) is 8.57. The second-order valence-corrected chi connectivity index (χ2v) is 7.00. The topological polar surface area (TPSA) is 146 Å². The lowest BCUT2D eigenvalue weighted by molar-refractivity contribution is -0.142. The van der Waals surface area contributed by atoms with Gasteiger partial charge in [-0.05, 0) is 32.0 Å². The molecule has 0 aliphatic rings. The highest BCUT2D eigenvalue weighted by Gasteiger charge is 2.20. The van der Waals surface area contributed by atoms with Gasteiger partial charge in [-0.3, -0.25) is 19.4 Å². The summed E-state index contributed by atoms with van der Waals surface area (Å²) < 4.78 is 15.2. The van der Waals surface area contributed by atoms with E-state index >= 15 is 0 Å². The number of esters is 1. The van der Waals surface area contributed by atoms with Crippen LogP contribution in [0.2, 0.25) is 0 Å². The summed E-state index contributed by atoms with van der Waals surface area (Å²) in [5, 5.41) is 1.98. The van der Waals surface area contributed by atoms with E-state index < -0.39 is 22.7 Å². The lowest BCUT2D eigenvalue weighted by Gasteiger charge is -2.12. The highest BCUT2D eigenvalue weighted by Crippen LogP contribution is 2.28. The number of aromatic nitrogens is 2. The molecular formula is C18H22N4O6S. The van der Waals surface area contributed by atoms with Gasteiger partial charge < -0.3 is 25.3 Å². The number of nitrogens with two attached hydrogens (primary N) is 1. The molecule has 0 unspecified atom stereocenters. The van der Waals surface area contributed by atoms with Gasteiger partial charge in [0.1, 0.15) is 10.9 Å². The van der Waals surface area contributed by atoms with Crippen molar-refractivity contribution in [3.63, 3.8) is 0 Å². The summed E-state index contributed by atoms with van der Waals surface area (Å²) in [6, 6.07) is 4.55. The zero-order valence-electron chi connectivity index (χ0n) is 16.4. The van der Waals surface area contributed by atoms with Crippen LogP contribution in [0.5, 0.6) is 11.5 Å². The molecule has 0 spiro atoms. The number of hydrogen-bond acceptors (Lipinski definition) is 9. The van der Waals surface area contributed by atoms with E-state index in [0.717, 1.165) is 11.8 Å². The highest BCUT2D eigenvalue weighted by atomic mass is 32.2. The smallest absolute Gasteiger partial charge is 0.319 e. The van der Waals surface area contributed by atoms with Gasteiger partial charge in [-0.25, -0.2) is 4.98 Å². The molecule has 2 aromatic rings. The zero-order chi connectivity index (χ0) is 21.6. The standard InChI is InChI=1S/C18H22N4O6S/c1-5-28-17(25)9(2)29-18-21-14(19)13(16(24)22-18)20-15(23)10-6-7-11(26-3)12(8-10)27-4/h6-9H,5H2,1-4H3,(H,20,23)(H3,19,21,22,24)/t9-/m0/s1. The largest absolute Gasteiger partial charge is 0.493 e. The summed E-state index contributed by atoms with van der Waals surface area (Å²) in [5.74, 6) is -0.379. The summed E-state index contributed by atoms with van der Waals surface area (Å²) in [7, 11) is 2.92. The number of anilines is 2. The van der Waals surface area contributed by atoms with Crippen molar-refractivity contribution in [2.45, 2.75) is 24.3 Å². The molecule has 0 bridgehead atoms. The van der Waals surface area contributed by atoms with Crippen LogP contribution in [0.25, 0.3) is 0 Å². The molecule has 2 rings (SSSR count). The van der Waals surface area contributed by atoms with Crippen LogP contribution >= 0.6 is 11.8 Å². The van der Waals surface area contributed by atoms with Crippen LogP contribution in [0.3, 0.4) is 0 Å². The minimum absolute atomic E-state index is 0.136. The maximum Gasteiger partial charge on any atom is 0.319 e. The van der Waals surface area contributed by atoms with Gasteiger partial charge in [-0.2, -0.15) is 0 Å². The van der Waals surface area contributed by atoms with Crippen molar-refractivity contribution >= 4 is 35.1 Å². The van der Waals surface area contributed by atoms with Gasteiger partial charge in [-0.15, -0.1) is 0 Å². The monoisotopic (exact) mass is 422 g/mol. The number of methoxy groups -OCH3 is 2. The molecule has 10 nitrogen and oxygen atoms in total. The summed E-state index contributed by atoms with van der Waals surface area (Å²) in [5.41, 5.74) is 5.23. The number of H-pyrrole nitrogens is 1. The number of carbonyl (C=O) groups is 2. The van der Waals surface area contributed by atoms with Crippen LogP contribution in [0, 0.1) is 0 Å². The molecule has 0 aliphatic heterocycles. The SMILES string of the molecule is CCOC(=O)[C@H](C)Sc1nc(N)c(NC(=O)c2ccc(OC)c(OC)c2)c(=O)[nH]1. The molecule has 0 radical (unpaired) electrons. The summed E-state index contributed by atoms with van der Waals surface area (Å²) in [6.45, 7) is 3.56. The summed E-state index contributed by atoms with van der Waals surface area (Å²) in [4.78, 5) is 43.1. The average molecular weight is 422 g/mol. The Morgan fingerprint density at radius 1 is 1.28 bits per heavy atom. The number of carbonyl (C=O) groups excluding carboxylic acids is 2. The van der Waals surface area contributed by atoms with E-state index in [1.807, 2.05) is 0 Å². The van der Waals surface area contributed by atoms with Crippen molar-refractivity contribution in [1.29, 1.82) is 0 Å². The fourth-order valence-corrected chi connectivity index (χ4v) is 3.09. The Kier molecular flexibility index (Phi) is 7.48. The molecule has 11 heteroatoms. The van der Waals surface area contributed by atoms with Crippen LogP contribution < -0.4 is 26.1 Å². The number of thioether (sulfide) groups is 1. The third kappa shape index (κ3) is 5.41. The van der Waals surface area contributed by atoms with E-state index in [-0.39, 0.29) is 28.8 Å². The summed E-state index contributed by atoms with van der Waals surface area (Å²) in [6.07, 6.45) is 0. The molecule has 0 saturated heterocycles. The number of nitrogens with zero attached hydrogens (tertiary/aromatic N) is 1. The molecule has 156 valence electrons. The normalized spacial score (nSPS) is 11.4. The predicted molar refractivity (Wildman–Crippen MR) is 109 cm³/mol. The lowest BCUT2D eigenvalue weighted by Crippen LogP contribution is -2.24. The lowest BCUT2D eigenvalue weighted by atomic mass is 10.2. The number of nitrogens with one attached hydrogen (secondary N) is 2. The molecule has 1 heterocycles. The quantitative estimate of drug-likeness (QED) is 0.328. The van der Waals surface area contributed by atoms with Crippen molar-refractivity contribution in [3.05, 3.63) is 34.1 Å². The molecular weight excluding hydrogens is 400 g/mol. The molecule has 1 aromatic heterocycles. The fraction of sp³-hybridized carbons (Fsp3) is 0.333. The van der Waals surface area contributed by atoms with E-state index in [9.17, 15) is 14.4 Å². The van der Waals surface area contributed by atoms with Gasteiger partial charge in [-0.1, -0.05) is 11.8 Å². The van der Waals surface area contributed by atoms with E-state index in [2.05, 4.69) is 15.3 Å². The number of ether oxygens (including phenoxy) is 3. The van der Waals surface area contributed by atoms with Crippen LogP contribution in [-0.4, -0.2) is 47.9 Å². The van der Waals surface area contributed by atoms with Crippen LogP contribution in [0.15, 0.2) is 28.2 Å². The Labute approximate surface area is 171 Å². The van der Waals surface area contributed by atoms with E-state index in [0.29, 0.717) is 11.5 Å². The number of aromatic amines is 1. The van der Waals surface area contributed by atoms with Crippen LogP contribution in [0.4, 0.5) is 11.5 Å². The molecule has 1 amide bonds. The Hall–Kier alpha value is -3.21. The minimum Gasteiger partial charge on any atom is -0.493 e. The van der Waals surface area contributed by atoms with Crippen molar-refractivity contribution < 1.29 is 23.8 Å². The van der Waals surface area contributed by atoms with Crippen molar-refractivity contribution in [1.82, 2.24) is 9.97 Å². The van der Waals surface area contributed by atoms with Gasteiger partial charge in [0.05, 0.1) is 20.8 Å². The molecule has 1 aromatic carbocycles. The molecule has 29 heavy (non-hydrogen) atoms. The first-order chi connectivity index (χ1) is 13.8. The second kappa shape index (κ2) is 9.82. The van der Waals surface area contributed by atoms with Crippen molar-refractivity contribution in [2.75, 3.05) is 31.9 Å². The Balaban J connectivity index is 2.20. The fourth-order valence-electron chi connectivity index (χ4n) is 2.28. The second-order valence-electron chi connectivity index (χ2n) is 5.67. The van der Waals surface area contributed by atoms with Gasteiger partial charge in [0.25, 0.3) is 11.5 Å². The van der Waals surface area contributed by atoms with Gasteiger partial charge in [0.2, 0.25) is 0 Å². The number of nitrogen functional groups attached to an aromatic ring is 1. The Morgan fingerprint density at radius 3 is 2.55 bits per heavy atom. The molecule has 0 fully saturated rings. The molecule has 4 N–H and O–H groups in total. The highest BCUT2D eigenvalue weighted by molar-refractivity contribution is 8.00. The number of benzene rings is 1. The number of amides is 1. The zero-order valence-corrected chi connectivity index (χ0v) is 17.2. The van der Waals surface area contributed by atoms with E-state index in [1.54, 1.807) is 19.9 Å². The predicted octanol–water partition coefficient (Wildman–Crippen LogP) is 1.67. The van der Waals surface area contributed by atoms with Crippen molar-refractivity contribution in [2.24, 2.45) is 0 Å². The Bertz CT molecular complexity index is 962. The maximum atomic E-state index is 12.5. The Morgan fingerprint density at radius 2 is 1.97 bits per heavy atom. The van der Waals surface area contributed by atoms with Gasteiger partial charge >= 0.3 is 5.97 Å². The number of hydrogen-bond donors (Lipinski definition) is 3. The summed E-state index contributed by atoms with van der Waals surface area (Å²) >= 11 is 0.989. The molecule has 1 atom stereocenters. The maximum absolute atomic E-state index is 12.5. The van der Waals surface area contributed by atoms with Gasteiger partial charge in [0, 0.05) is 5.56 Å². The molecule has 0 saturated carbocycles. The van der Waals surface area contributed by atoms with Crippen LogP contribution in [-0.2, 0) is 9.53 Å². The molecule has 0 aliphatic carbocycles. The average Bonchev–Trinajstić information content (AvgIpc) is 2.70. The first kappa shape index (κ1) is 22.1. The minimum atomic E-state index is -0.648. The third-order valence-electron chi connectivity index (χ3n) is 3.72.